The third kappa shape index (κ3) is 4.00. The maximum absolute atomic E-state index is 11.6. The Balaban J connectivity index is 2.26. The van der Waals surface area contributed by atoms with E-state index in [9.17, 15) is 9.59 Å². The van der Waals surface area contributed by atoms with Gasteiger partial charge in [0.2, 0.25) is 5.91 Å². The lowest BCUT2D eigenvalue weighted by atomic mass is 10.0. The van der Waals surface area contributed by atoms with Crippen molar-refractivity contribution in [3.63, 3.8) is 0 Å². The summed E-state index contributed by atoms with van der Waals surface area (Å²) in [6.45, 7) is 5.04. The number of rotatable bonds is 4. The van der Waals surface area contributed by atoms with Gasteiger partial charge in [0.25, 0.3) is 0 Å². The van der Waals surface area contributed by atoms with Crippen LogP contribution in [-0.2, 0) is 14.3 Å². The SMILES string of the molecule is CC(C)C(=O)CNC(=O)C1CCCOC1. The normalized spacial score (nSPS) is 21.4. The summed E-state index contributed by atoms with van der Waals surface area (Å²) in [7, 11) is 0. The van der Waals surface area contributed by atoms with Gasteiger partial charge in [0, 0.05) is 12.5 Å². The zero-order valence-corrected chi connectivity index (χ0v) is 9.41. The van der Waals surface area contributed by atoms with Gasteiger partial charge in [0.1, 0.15) is 0 Å². The van der Waals surface area contributed by atoms with Crippen LogP contribution in [-0.4, -0.2) is 31.4 Å². The highest BCUT2D eigenvalue weighted by Gasteiger charge is 2.22. The Morgan fingerprint density at radius 1 is 1.47 bits per heavy atom. The Kier molecular flexibility index (Phi) is 4.75. The van der Waals surface area contributed by atoms with E-state index in [4.69, 9.17) is 4.74 Å². The highest BCUT2D eigenvalue weighted by molar-refractivity contribution is 5.87. The monoisotopic (exact) mass is 213 g/mol. The van der Waals surface area contributed by atoms with Crippen LogP contribution in [0, 0.1) is 11.8 Å². The molecule has 1 atom stereocenters. The second kappa shape index (κ2) is 5.85. The van der Waals surface area contributed by atoms with Crippen LogP contribution >= 0.6 is 0 Å². The molecule has 1 heterocycles. The van der Waals surface area contributed by atoms with Gasteiger partial charge in [-0.2, -0.15) is 0 Å². The second-order valence-electron chi connectivity index (χ2n) is 4.25. The van der Waals surface area contributed by atoms with Crippen molar-refractivity contribution in [2.75, 3.05) is 19.8 Å². The molecular weight excluding hydrogens is 194 g/mol. The minimum Gasteiger partial charge on any atom is -0.381 e. The summed E-state index contributed by atoms with van der Waals surface area (Å²) >= 11 is 0. The molecule has 1 N–H and O–H groups in total. The summed E-state index contributed by atoms with van der Waals surface area (Å²) in [6.07, 6.45) is 1.79. The van der Waals surface area contributed by atoms with E-state index in [-0.39, 0.29) is 30.1 Å². The molecule has 0 aromatic carbocycles. The van der Waals surface area contributed by atoms with Crippen molar-refractivity contribution in [3.05, 3.63) is 0 Å². The number of ketones is 1. The fourth-order valence-corrected chi connectivity index (χ4v) is 1.47. The van der Waals surface area contributed by atoms with Crippen molar-refractivity contribution in [1.82, 2.24) is 5.32 Å². The smallest absolute Gasteiger partial charge is 0.225 e. The summed E-state index contributed by atoms with van der Waals surface area (Å²) in [5.41, 5.74) is 0. The summed E-state index contributed by atoms with van der Waals surface area (Å²) < 4.78 is 5.21. The third-order valence-corrected chi connectivity index (χ3v) is 2.61. The molecule has 0 aromatic rings. The Labute approximate surface area is 90.4 Å². The van der Waals surface area contributed by atoms with Crippen LogP contribution in [0.1, 0.15) is 26.7 Å². The van der Waals surface area contributed by atoms with Crippen molar-refractivity contribution >= 4 is 11.7 Å². The number of Topliss-reactive ketones (excluding diaryl/α,β-unsaturated/α-hetero) is 1. The lowest BCUT2D eigenvalue weighted by molar-refractivity contribution is -0.131. The van der Waals surface area contributed by atoms with Crippen molar-refractivity contribution in [2.24, 2.45) is 11.8 Å². The number of hydrogen-bond donors (Lipinski definition) is 1. The van der Waals surface area contributed by atoms with E-state index in [0.717, 1.165) is 19.4 Å². The van der Waals surface area contributed by atoms with Crippen LogP contribution in [0.15, 0.2) is 0 Å². The van der Waals surface area contributed by atoms with Crippen molar-refractivity contribution < 1.29 is 14.3 Å². The largest absolute Gasteiger partial charge is 0.381 e. The van der Waals surface area contributed by atoms with Gasteiger partial charge in [-0.1, -0.05) is 13.8 Å². The first kappa shape index (κ1) is 12.2. The van der Waals surface area contributed by atoms with Crippen molar-refractivity contribution in [1.29, 1.82) is 0 Å². The Hall–Kier alpha value is -0.900. The molecule has 4 nitrogen and oxygen atoms in total. The quantitative estimate of drug-likeness (QED) is 0.750. The standard InChI is InChI=1S/C11H19NO3/c1-8(2)10(13)6-12-11(14)9-4-3-5-15-7-9/h8-9H,3-7H2,1-2H3,(H,12,14). The van der Waals surface area contributed by atoms with E-state index in [2.05, 4.69) is 5.32 Å². The van der Waals surface area contributed by atoms with E-state index < -0.39 is 0 Å². The van der Waals surface area contributed by atoms with E-state index >= 15 is 0 Å². The van der Waals surface area contributed by atoms with E-state index in [1.54, 1.807) is 0 Å². The lowest BCUT2D eigenvalue weighted by Crippen LogP contribution is -2.39. The minimum absolute atomic E-state index is 0.0205. The number of carbonyl (C=O) groups is 2. The summed E-state index contributed by atoms with van der Waals surface area (Å²) in [4.78, 5) is 22.9. The third-order valence-electron chi connectivity index (χ3n) is 2.61. The molecule has 1 aliphatic rings. The maximum atomic E-state index is 11.6. The van der Waals surface area contributed by atoms with Crippen LogP contribution in [0.4, 0.5) is 0 Å². The molecule has 1 saturated heterocycles. The fraction of sp³-hybridized carbons (Fsp3) is 0.818. The molecule has 0 aliphatic carbocycles. The van der Waals surface area contributed by atoms with Gasteiger partial charge in [-0.25, -0.2) is 0 Å². The first-order valence-corrected chi connectivity index (χ1v) is 5.49. The van der Waals surface area contributed by atoms with E-state index in [0.29, 0.717) is 6.61 Å². The average Bonchev–Trinajstić information content (AvgIpc) is 2.26. The van der Waals surface area contributed by atoms with Crippen molar-refractivity contribution in [3.8, 4) is 0 Å². The number of nitrogens with one attached hydrogen (secondary N) is 1. The van der Waals surface area contributed by atoms with Crippen LogP contribution in [0.25, 0.3) is 0 Å². The number of hydrogen-bond acceptors (Lipinski definition) is 3. The average molecular weight is 213 g/mol. The lowest BCUT2D eigenvalue weighted by Gasteiger charge is -2.21. The molecule has 4 heteroatoms. The Morgan fingerprint density at radius 3 is 2.73 bits per heavy atom. The van der Waals surface area contributed by atoms with E-state index in [1.807, 2.05) is 13.8 Å². The molecule has 1 amide bonds. The van der Waals surface area contributed by atoms with Gasteiger partial charge in [0.15, 0.2) is 5.78 Å². The predicted octanol–water partition coefficient (Wildman–Crippen LogP) is 0.754. The predicted molar refractivity (Wildman–Crippen MR) is 56.4 cm³/mol. The van der Waals surface area contributed by atoms with Crippen LogP contribution in [0.3, 0.4) is 0 Å². The molecule has 1 aliphatic heterocycles. The summed E-state index contributed by atoms with van der Waals surface area (Å²) in [5, 5.41) is 2.66. The number of amides is 1. The molecule has 1 fully saturated rings. The van der Waals surface area contributed by atoms with Gasteiger partial charge in [0.05, 0.1) is 19.1 Å². The van der Waals surface area contributed by atoms with Gasteiger partial charge in [-0.3, -0.25) is 9.59 Å². The maximum Gasteiger partial charge on any atom is 0.225 e. The molecule has 0 bridgehead atoms. The molecule has 1 rings (SSSR count). The highest BCUT2D eigenvalue weighted by Crippen LogP contribution is 2.13. The highest BCUT2D eigenvalue weighted by atomic mass is 16.5. The molecule has 0 spiro atoms. The zero-order valence-electron chi connectivity index (χ0n) is 9.41. The first-order chi connectivity index (χ1) is 7.11. The Morgan fingerprint density at radius 2 is 2.20 bits per heavy atom. The number of carbonyl (C=O) groups excluding carboxylic acids is 2. The molecule has 0 radical (unpaired) electrons. The zero-order chi connectivity index (χ0) is 11.3. The minimum atomic E-state index is -0.0706. The number of ether oxygens (including phenoxy) is 1. The second-order valence-corrected chi connectivity index (χ2v) is 4.25. The van der Waals surface area contributed by atoms with Crippen LogP contribution in [0.2, 0.25) is 0 Å². The van der Waals surface area contributed by atoms with E-state index in [1.165, 1.54) is 0 Å². The van der Waals surface area contributed by atoms with Gasteiger partial charge >= 0.3 is 0 Å². The fourth-order valence-electron chi connectivity index (χ4n) is 1.47. The molecular formula is C11H19NO3. The summed E-state index contributed by atoms with van der Waals surface area (Å²) in [5.74, 6) is -0.0737. The van der Waals surface area contributed by atoms with Gasteiger partial charge in [-0.05, 0) is 12.8 Å². The van der Waals surface area contributed by atoms with Crippen molar-refractivity contribution in [2.45, 2.75) is 26.7 Å². The molecule has 86 valence electrons. The molecule has 0 saturated carbocycles. The van der Waals surface area contributed by atoms with Gasteiger partial charge in [-0.15, -0.1) is 0 Å². The first-order valence-electron chi connectivity index (χ1n) is 5.49. The molecule has 1 unspecified atom stereocenters. The van der Waals surface area contributed by atoms with Crippen LogP contribution < -0.4 is 5.32 Å². The van der Waals surface area contributed by atoms with Gasteiger partial charge < -0.3 is 10.1 Å². The topological polar surface area (TPSA) is 55.4 Å². The molecule has 15 heavy (non-hydrogen) atoms. The molecule has 0 aromatic heterocycles. The van der Waals surface area contributed by atoms with Crippen LogP contribution in [0.5, 0.6) is 0 Å². The Bertz CT molecular complexity index is 232. The summed E-state index contributed by atoms with van der Waals surface area (Å²) in [6, 6.07) is 0.